The fourth-order valence-corrected chi connectivity index (χ4v) is 3.27. The molecule has 1 heterocycles. The monoisotopic (exact) mass is 432 g/mol. The lowest BCUT2D eigenvalue weighted by Gasteiger charge is -2.03. The molecule has 2 aromatic carbocycles. The highest BCUT2D eigenvalue weighted by Crippen LogP contribution is 2.34. The second-order valence-electron chi connectivity index (χ2n) is 6.23. The largest absolute Gasteiger partial charge is 0.436 e. The number of aromatic nitrogens is 1. The summed E-state index contributed by atoms with van der Waals surface area (Å²) < 4.78 is 29.2. The average Bonchev–Trinajstić information content (AvgIpc) is 3.10. The first kappa shape index (κ1) is 20.8. The maximum absolute atomic E-state index is 11.7. The molecule has 0 radical (unpaired) electrons. The third-order valence-corrected chi connectivity index (χ3v) is 5.37. The topological polar surface area (TPSA) is 101 Å². The van der Waals surface area contributed by atoms with Crippen LogP contribution >= 0.6 is 11.6 Å². The van der Waals surface area contributed by atoms with Crippen molar-refractivity contribution in [2.75, 3.05) is 13.3 Å². The van der Waals surface area contributed by atoms with Gasteiger partial charge in [-0.3, -0.25) is 10.0 Å². The number of hydrogen-bond donors (Lipinski definition) is 1. The molecule has 1 aromatic heterocycles. The zero-order chi connectivity index (χ0) is 21.2. The number of sulfone groups is 1. The molecule has 0 atom stereocenters. The molecular formula is C20H17ClN2O5S. The second-order valence-corrected chi connectivity index (χ2v) is 8.68. The van der Waals surface area contributed by atoms with Crippen molar-refractivity contribution in [1.82, 2.24) is 10.0 Å². The zero-order valence-corrected chi connectivity index (χ0v) is 17.1. The summed E-state index contributed by atoms with van der Waals surface area (Å²) in [7, 11) is -2.12. The van der Waals surface area contributed by atoms with E-state index < -0.39 is 15.7 Å². The van der Waals surface area contributed by atoms with Crippen LogP contribution in [0.1, 0.15) is 5.89 Å². The predicted octanol–water partition coefficient (Wildman–Crippen LogP) is 3.93. The summed E-state index contributed by atoms with van der Waals surface area (Å²) in [5.74, 6) is -0.0686. The van der Waals surface area contributed by atoms with Crippen LogP contribution in [0.5, 0.6) is 0 Å². The highest BCUT2D eigenvalue weighted by atomic mass is 35.5. The summed E-state index contributed by atoms with van der Waals surface area (Å²) in [6, 6.07) is 13.2. The average molecular weight is 433 g/mol. The lowest BCUT2D eigenvalue weighted by molar-refractivity contribution is -0.153. The van der Waals surface area contributed by atoms with Crippen LogP contribution in [0, 0.1) is 0 Å². The molecule has 1 amide bonds. The number of hydrogen-bond acceptors (Lipinski definition) is 6. The van der Waals surface area contributed by atoms with E-state index in [0.29, 0.717) is 32.7 Å². The number of carbonyl (C=O) groups is 1. The van der Waals surface area contributed by atoms with Gasteiger partial charge in [0.05, 0.1) is 4.90 Å². The van der Waals surface area contributed by atoms with Crippen LogP contribution in [0.4, 0.5) is 0 Å². The first-order chi connectivity index (χ1) is 13.6. The lowest BCUT2D eigenvalue weighted by Crippen LogP contribution is -2.19. The number of hydroxylamine groups is 2. The molecular weight excluding hydrogens is 416 g/mol. The number of halogens is 1. The van der Waals surface area contributed by atoms with Gasteiger partial charge in [0.25, 0.3) is 5.91 Å². The molecule has 3 aromatic rings. The van der Waals surface area contributed by atoms with Crippen molar-refractivity contribution in [3.8, 4) is 22.6 Å². The van der Waals surface area contributed by atoms with Gasteiger partial charge in [-0.15, -0.1) is 0 Å². The SMILES string of the molecule is CN(O)C(=O)/C=C/c1nc(-c2ccc(S(C)(=O)=O)cc2)c(-c2ccc(Cl)cc2)o1. The van der Waals surface area contributed by atoms with Crippen molar-refractivity contribution in [3.05, 3.63) is 65.5 Å². The van der Waals surface area contributed by atoms with Gasteiger partial charge in [-0.1, -0.05) is 23.7 Å². The number of amides is 1. The molecule has 0 saturated carbocycles. The summed E-state index contributed by atoms with van der Waals surface area (Å²) in [6.07, 6.45) is 3.59. The highest BCUT2D eigenvalue weighted by molar-refractivity contribution is 7.90. The predicted molar refractivity (Wildman–Crippen MR) is 109 cm³/mol. The molecule has 0 aliphatic rings. The summed E-state index contributed by atoms with van der Waals surface area (Å²) in [6.45, 7) is 0. The van der Waals surface area contributed by atoms with E-state index in [1.165, 1.54) is 25.3 Å². The van der Waals surface area contributed by atoms with E-state index in [2.05, 4.69) is 4.98 Å². The number of oxazole rings is 1. The molecule has 0 bridgehead atoms. The van der Waals surface area contributed by atoms with Crippen LogP contribution in [0.3, 0.4) is 0 Å². The molecule has 3 rings (SSSR count). The third-order valence-electron chi connectivity index (χ3n) is 3.99. The van der Waals surface area contributed by atoms with Gasteiger partial charge in [0, 0.05) is 41.6 Å². The van der Waals surface area contributed by atoms with Gasteiger partial charge in [0.2, 0.25) is 5.89 Å². The Morgan fingerprint density at radius 3 is 2.24 bits per heavy atom. The fraction of sp³-hybridized carbons (Fsp3) is 0.100. The van der Waals surface area contributed by atoms with E-state index in [-0.39, 0.29) is 10.8 Å². The number of nitrogens with zero attached hydrogens (tertiary/aromatic N) is 2. The van der Waals surface area contributed by atoms with E-state index in [1.54, 1.807) is 36.4 Å². The van der Waals surface area contributed by atoms with Crippen molar-refractivity contribution in [2.45, 2.75) is 4.90 Å². The van der Waals surface area contributed by atoms with Crippen LogP contribution in [0.15, 0.2) is 63.9 Å². The summed E-state index contributed by atoms with van der Waals surface area (Å²) in [5, 5.41) is 10.1. The van der Waals surface area contributed by atoms with E-state index in [1.807, 2.05) is 0 Å². The van der Waals surface area contributed by atoms with Crippen molar-refractivity contribution in [1.29, 1.82) is 0 Å². The molecule has 7 nitrogen and oxygen atoms in total. The summed E-state index contributed by atoms with van der Waals surface area (Å²) in [4.78, 5) is 16.2. The first-order valence-electron chi connectivity index (χ1n) is 8.37. The van der Waals surface area contributed by atoms with Crippen molar-refractivity contribution < 1.29 is 22.8 Å². The standard InChI is InChI=1S/C20H17ClN2O5S/c1-23(25)18(24)12-11-17-22-19(13-5-9-16(10-6-13)29(2,26)27)20(28-17)14-3-7-15(21)8-4-14/h3-12,25H,1-2H3/b12-11+. The Bertz CT molecular complexity index is 1160. The lowest BCUT2D eigenvalue weighted by atomic mass is 10.1. The highest BCUT2D eigenvalue weighted by Gasteiger charge is 2.17. The number of carbonyl (C=O) groups excluding carboxylic acids is 1. The van der Waals surface area contributed by atoms with Crippen LogP contribution in [-0.2, 0) is 14.6 Å². The fourth-order valence-electron chi connectivity index (χ4n) is 2.51. The van der Waals surface area contributed by atoms with Gasteiger partial charge in [-0.25, -0.2) is 18.5 Å². The Labute approximate surface area is 172 Å². The molecule has 150 valence electrons. The molecule has 0 fully saturated rings. The number of rotatable bonds is 5. The number of likely N-dealkylation sites (N-methyl/N-ethyl adjacent to an activating group) is 1. The maximum Gasteiger partial charge on any atom is 0.269 e. The van der Waals surface area contributed by atoms with Gasteiger partial charge in [-0.2, -0.15) is 0 Å². The first-order valence-corrected chi connectivity index (χ1v) is 10.6. The van der Waals surface area contributed by atoms with E-state index in [9.17, 15) is 13.2 Å². The Morgan fingerprint density at radius 1 is 1.10 bits per heavy atom. The van der Waals surface area contributed by atoms with Gasteiger partial charge >= 0.3 is 0 Å². The van der Waals surface area contributed by atoms with Crippen LogP contribution in [0.25, 0.3) is 28.7 Å². The smallest absolute Gasteiger partial charge is 0.269 e. The minimum absolute atomic E-state index is 0.146. The van der Waals surface area contributed by atoms with Crippen LogP contribution in [0.2, 0.25) is 5.02 Å². The molecule has 0 aliphatic heterocycles. The van der Waals surface area contributed by atoms with E-state index in [0.717, 1.165) is 12.3 Å². The minimum atomic E-state index is -3.33. The normalized spacial score (nSPS) is 11.7. The van der Waals surface area contributed by atoms with Crippen LogP contribution in [-0.4, -0.2) is 42.9 Å². The molecule has 0 spiro atoms. The van der Waals surface area contributed by atoms with Crippen LogP contribution < -0.4 is 0 Å². The van der Waals surface area contributed by atoms with Gasteiger partial charge in [0.1, 0.15) is 5.69 Å². The summed E-state index contributed by atoms with van der Waals surface area (Å²) in [5.41, 5.74) is 1.81. The molecule has 29 heavy (non-hydrogen) atoms. The Balaban J connectivity index is 2.08. The molecule has 0 saturated heterocycles. The maximum atomic E-state index is 11.7. The Morgan fingerprint density at radius 2 is 1.69 bits per heavy atom. The number of benzene rings is 2. The van der Waals surface area contributed by atoms with Gasteiger partial charge in [0.15, 0.2) is 15.6 Å². The Kier molecular flexibility index (Phi) is 5.88. The van der Waals surface area contributed by atoms with Crippen molar-refractivity contribution >= 4 is 33.4 Å². The Hall–Kier alpha value is -2.94. The molecule has 9 heteroatoms. The van der Waals surface area contributed by atoms with Gasteiger partial charge < -0.3 is 4.42 Å². The second kappa shape index (κ2) is 8.20. The minimum Gasteiger partial charge on any atom is -0.436 e. The van der Waals surface area contributed by atoms with Crippen molar-refractivity contribution in [3.63, 3.8) is 0 Å². The third kappa shape index (κ3) is 4.92. The quantitative estimate of drug-likeness (QED) is 0.372. The summed E-state index contributed by atoms with van der Waals surface area (Å²) >= 11 is 5.96. The molecule has 0 aliphatic carbocycles. The molecule has 0 unspecified atom stereocenters. The van der Waals surface area contributed by atoms with E-state index >= 15 is 0 Å². The van der Waals surface area contributed by atoms with E-state index in [4.69, 9.17) is 21.2 Å². The van der Waals surface area contributed by atoms with Gasteiger partial charge in [-0.05, 0) is 36.4 Å². The zero-order valence-electron chi connectivity index (χ0n) is 15.5. The molecule has 1 N–H and O–H groups in total. The van der Waals surface area contributed by atoms with Crippen molar-refractivity contribution in [2.24, 2.45) is 0 Å².